The lowest BCUT2D eigenvalue weighted by molar-refractivity contribution is -0.118. The summed E-state index contributed by atoms with van der Waals surface area (Å²) in [6, 6.07) is 5.81. The highest BCUT2D eigenvalue weighted by atomic mass is 79.9. The fraction of sp³-hybridized carbons (Fsp3) is 0.364. The summed E-state index contributed by atoms with van der Waals surface area (Å²) < 4.78 is 1.07. The van der Waals surface area contributed by atoms with Gasteiger partial charge in [-0.05, 0) is 43.0 Å². The van der Waals surface area contributed by atoms with E-state index >= 15 is 0 Å². The summed E-state index contributed by atoms with van der Waals surface area (Å²) in [5.41, 5.74) is 7.58. The molecule has 0 saturated carbocycles. The molecule has 1 unspecified atom stereocenters. The molecule has 0 fully saturated rings. The molecule has 15 heavy (non-hydrogen) atoms. The van der Waals surface area contributed by atoms with Gasteiger partial charge < -0.3 is 11.1 Å². The van der Waals surface area contributed by atoms with Gasteiger partial charge in [0.1, 0.15) is 6.04 Å². The molecule has 1 amide bonds. The first-order valence-electron chi connectivity index (χ1n) is 5.01. The summed E-state index contributed by atoms with van der Waals surface area (Å²) in [5.74, 6) is -0.272. The third-order valence-electron chi connectivity index (χ3n) is 2.68. The fourth-order valence-corrected chi connectivity index (χ4v) is 2.29. The molecule has 2 rings (SSSR count). The minimum Gasteiger partial charge on any atom is -0.373 e. The second kappa shape index (κ2) is 4.23. The van der Waals surface area contributed by atoms with Gasteiger partial charge in [0.15, 0.2) is 0 Å². The Morgan fingerprint density at radius 2 is 2.33 bits per heavy atom. The van der Waals surface area contributed by atoms with Crippen LogP contribution >= 0.6 is 15.9 Å². The van der Waals surface area contributed by atoms with E-state index in [4.69, 9.17) is 5.73 Å². The maximum atomic E-state index is 11.1. The van der Waals surface area contributed by atoms with Gasteiger partial charge in [-0.2, -0.15) is 0 Å². The van der Waals surface area contributed by atoms with Crippen molar-refractivity contribution in [2.45, 2.75) is 25.3 Å². The third kappa shape index (κ3) is 2.31. The van der Waals surface area contributed by atoms with Gasteiger partial charge in [-0.15, -0.1) is 0 Å². The van der Waals surface area contributed by atoms with Crippen LogP contribution < -0.4 is 11.1 Å². The Hall–Kier alpha value is -1.03. The van der Waals surface area contributed by atoms with Crippen LogP contribution in [0.2, 0.25) is 0 Å². The Morgan fingerprint density at radius 3 is 3.07 bits per heavy atom. The Kier molecular flexibility index (Phi) is 2.95. The number of amides is 1. The number of rotatable bonds is 1. The van der Waals surface area contributed by atoms with Gasteiger partial charge in [-0.25, -0.2) is 0 Å². The number of benzene rings is 1. The first kappa shape index (κ1) is 10.5. The van der Waals surface area contributed by atoms with Crippen LogP contribution in [-0.4, -0.2) is 11.9 Å². The number of nitrogens with two attached hydrogens (primary N) is 1. The second-order valence-corrected chi connectivity index (χ2v) is 4.71. The van der Waals surface area contributed by atoms with Gasteiger partial charge in [-0.1, -0.05) is 15.9 Å². The van der Waals surface area contributed by atoms with Gasteiger partial charge in [0.05, 0.1) is 0 Å². The molecule has 0 aliphatic carbocycles. The summed E-state index contributed by atoms with van der Waals surface area (Å²) >= 11 is 3.44. The van der Waals surface area contributed by atoms with Gasteiger partial charge in [-0.3, -0.25) is 4.79 Å². The number of carbonyl (C=O) groups excluding carboxylic acids is 1. The molecule has 0 bridgehead atoms. The van der Waals surface area contributed by atoms with Crippen molar-refractivity contribution in [1.82, 2.24) is 0 Å². The zero-order valence-corrected chi connectivity index (χ0v) is 9.88. The molecule has 0 radical (unpaired) electrons. The predicted octanol–water partition coefficient (Wildman–Crippen LogP) is 2.05. The number of halogens is 1. The molecule has 1 aliphatic heterocycles. The van der Waals surface area contributed by atoms with Crippen molar-refractivity contribution in [3.63, 3.8) is 0 Å². The van der Waals surface area contributed by atoms with Gasteiger partial charge in [0.2, 0.25) is 5.91 Å². The van der Waals surface area contributed by atoms with E-state index in [1.165, 1.54) is 5.56 Å². The Morgan fingerprint density at radius 1 is 1.53 bits per heavy atom. The molecule has 1 aromatic rings. The predicted molar refractivity (Wildman–Crippen MR) is 63.7 cm³/mol. The van der Waals surface area contributed by atoms with Gasteiger partial charge in [0.25, 0.3) is 0 Å². The van der Waals surface area contributed by atoms with Crippen LogP contribution in [0, 0.1) is 0 Å². The molecular formula is C11H13BrN2O. The molecule has 1 atom stereocenters. The van der Waals surface area contributed by atoms with E-state index in [1.54, 1.807) is 0 Å². The molecule has 1 heterocycles. The minimum absolute atomic E-state index is 0.229. The fourth-order valence-electron chi connectivity index (χ4n) is 1.88. The molecule has 0 saturated heterocycles. The standard InChI is InChI=1S/C11H13BrN2O/c12-8-4-5-9-7(6-8)2-1-3-10(14-9)11(13)15/h4-6,10,14H,1-3H2,(H2,13,15). The van der Waals surface area contributed by atoms with Crippen molar-refractivity contribution in [3.05, 3.63) is 28.2 Å². The lowest BCUT2D eigenvalue weighted by Crippen LogP contribution is -2.34. The number of nitrogens with one attached hydrogen (secondary N) is 1. The van der Waals surface area contributed by atoms with Crippen LogP contribution in [-0.2, 0) is 11.2 Å². The zero-order chi connectivity index (χ0) is 10.8. The zero-order valence-electron chi connectivity index (χ0n) is 8.29. The molecule has 3 N–H and O–H groups in total. The topological polar surface area (TPSA) is 55.1 Å². The maximum absolute atomic E-state index is 11.1. The van der Waals surface area contributed by atoms with Crippen LogP contribution in [0.25, 0.3) is 0 Å². The molecule has 1 aliphatic rings. The van der Waals surface area contributed by atoms with Crippen LogP contribution in [0.4, 0.5) is 5.69 Å². The third-order valence-corrected chi connectivity index (χ3v) is 3.17. The van der Waals surface area contributed by atoms with Gasteiger partial charge >= 0.3 is 0 Å². The molecule has 4 heteroatoms. The average molecular weight is 269 g/mol. The number of primary amides is 1. The molecule has 3 nitrogen and oxygen atoms in total. The summed E-state index contributed by atoms with van der Waals surface area (Å²) in [6.45, 7) is 0. The molecule has 0 spiro atoms. The van der Waals surface area contributed by atoms with Crippen LogP contribution in [0.1, 0.15) is 18.4 Å². The number of carbonyl (C=O) groups is 1. The highest BCUT2D eigenvalue weighted by Crippen LogP contribution is 2.26. The number of hydrogen-bond acceptors (Lipinski definition) is 2. The highest BCUT2D eigenvalue weighted by Gasteiger charge is 2.19. The van der Waals surface area contributed by atoms with Crippen molar-refractivity contribution < 1.29 is 4.79 Å². The highest BCUT2D eigenvalue weighted by molar-refractivity contribution is 9.10. The Balaban J connectivity index is 2.29. The largest absolute Gasteiger partial charge is 0.373 e. The number of aryl methyl sites for hydroxylation is 1. The van der Waals surface area contributed by atoms with Gasteiger partial charge in [0, 0.05) is 10.2 Å². The monoisotopic (exact) mass is 268 g/mol. The Bertz CT molecular complexity index is 392. The maximum Gasteiger partial charge on any atom is 0.239 e. The van der Waals surface area contributed by atoms with E-state index in [9.17, 15) is 4.79 Å². The van der Waals surface area contributed by atoms with Crippen molar-refractivity contribution in [2.75, 3.05) is 5.32 Å². The van der Waals surface area contributed by atoms with E-state index in [0.29, 0.717) is 0 Å². The summed E-state index contributed by atoms with van der Waals surface area (Å²) in [6.07, 6.45) is 2.79. The molecule has 0 aromatic heterocycles. The van der Waals surface area contributed by atoms with Crippen LogP contribution in [0.15, 0.2) is 22.7 Å². The van der Waals surface area contributed by atoms with Crippen molar-refractivity contribution in [3.8, 4) is 0 Å². The SMILES string of the molecule is NC(=O)C1CCCc2cc(Br)ccc2N1. The summed E-state index contributed by atoms with van der Waals surface area (Å²) in [4.78, 5) is 11.1. The van der Waals surface area contributed by atoms with E-state index in [2.05, 4.69) is 27.3 Å². The van der Waals surface area contributed by atoms with E-state index < -0.39 is 0 Å². The number of fused-ring (bicyclic) bond motifs is 1. The quantitative estimate of drug-likeness (QED) is 0.819. The minimum atomic E-state index is -0.272. The molecule has 80 valence electrons. The summed E-state index contributed by atoms with van der Waals surface area (Å²) in [7, 11) is 0. The lowest BCUT2D eigenvalue weighted by atomic mass is 10.1. The lowest BCUT2D eigenvalue weighted by Gasteiger charge is -2.14. The first-order chi connectivity index (χ1) is 7.16. The van der Waals surface area contributed by atoms with Crippen molar-refractivity contribution >= 4 is 27.5 Å². The van der Waals surface area contributed by atoms with Crippen molar-refractivity contribution in [1.29, 1.82) is 0 Å². The smallest absolute Gasteiger partial charge is 0.239 e. The second-order valence-electron chi connectivity index (χ2n) is 3.79. The Labute approximate surface area is 97.2 Å². The molecular weight excluding hydrogens is 256 g/mol. The van der Waals surface area contributed by atoms with Crippen LogP contribution in [0.5, 0.6) is 0 Å². The van der Waals surface area contributed by atoms with Crippen molar-refractivity contribution in [2.24, 2.45) is 5.73 Å². The van der Waals surface area contributed by atoms with E-state index in [-0.39, 0.29) is 11.9 Å². The number of hydrogen-bond donors (Lipinski definition) is 2. The summed E-state index contributed by atoms with van der Waals surface area (Å²) in [5, 5.41) is 3.19. The first-order valence-corrected chi connectivity index (χ1v) is 5.80. The van der Waals surface area contributed by atoms with E-state index in [1.807, 2.05) is 12.1 Å². The van der Waals surface area contributed by atoms with E-state index in [0.717, 1.165) is 29.4 Å². The number of anilines is 1. The normalized spacial score (nSPS) is 19.9. The average Bonchev–Trinajstić information content (AvgIpc) is 2.39. The van der Waals surface area contributed by atoms with Crippen LogP contribution in [0.3, 0.4) is 0 Å². The molecule has 1 aromatic carbocycles.